The average molecular weight is 289 g/mol. The lowest BCUT2D eigenvalue weighted by Crippen LogP contribution is -2.38. The van der Waals surface area contributed by atoms with E-state index < -0.39 is 0 Å². The van der Waals surface area contributed by atoms with Crippen LogP contribution in [0.1, 0.15) is 31.9 Å². The number of likely N-dealkylation sites (N-methyl/N-ethyl adjacent to an activating group) is 1. The van der Waals surface area contributed by atoms with E-state index in [1.165, 1.54) is 0 Å². The zero-order chi connectivity index (χ0) is 15.2. The zero-order valence-corrected chi connectivity index (χ0v) is 12.9. The number of oxime groups is 1. The Balaban J connectivity index is 1.77. The van der Waals surface area contributed by atoms with E-state index in [9.17, 15) is 4.79 Å². The molecule has 1 aromatic rings. The van der Waals surface area contributed by atoms with Crippen LogP contribution in [0.5, 0.6) is 0 Å². The highest BCUT2D eigenvalue weighted by atomic mass is 16.6. The second-order valence-electron chi connectivity index (χ2n) is 5.58. The standard InChI is InChI=1S/C16H23N3O2/c1-12(2)19(3)10-9-17-16(20)14-11-15(21-18-14)13-7-5-4-6-8-13/h4-8,12,15H,9-11H2,1-3H3,(H,17,20)/t15-/m0/s1. The predicted molar refractivity (Wildman–Crippen MR) is 83.1 cm³/mol. The van der Waals surface area contributed by atoms with E-state index in [-0.39, 0.29) is 12.0 Å². The molecule has 114 valence electrons. The molecule has 1 aliphatic rings. The van der Waals surface area contributed by atoms with Gasteiger partial charge in [0.2, 0.25) is 0 Å². The van der Waals surface area contributed by atoms with Crippen LogP contribution in [-0.2, 0) is 9.63 Å². The number of nitrogens with zero attached hydrogens (tertiary/aromatic N) is 2. The molecule has 1 aliphatic heterocycles. The Bertz CT molecular complexity index is 500. The first kappa shape index (κ1) is 15.5. The first-order chi connectivity index (χ1) is 10.1. The van der Waals surface area contributed by atoms with Crippen molar-refractivity contribution in [2.75, 3.05) is 20.1 Å². The number of nitrogens with one attached hydrogen (secondary N) is 1. The van der Waals surface area contributed by atoms with Crippen molar-refractivity contribution in [2.24, 2.45) is 5.16 Å². The van der Waals surface area contributed by atoms with Crippen molar-refractivity contribution >= 4 is 11.6 Å². The van der Waals surface area contributed by atoms with Gasteiger partial charge in [-0.2, -0.15) is 0 Å². The van der Waals surface area contributed by atoms with Gasteiger partial charge in [-0.1, -0.05) is 35.5 Å². The van der Waals surface area contributed by atoms with Crippen LogP contribution in [0.3, 0.4) is 0 Å². The van der Waals surface area contributed by atoms with Gasteiger partial charge in [0.25, 0.3) is 5.91 Å². The molecule has 0 saturated heterocycles. The van der Waals surface area contributed by atoms with Crippen molar-refractivity contribution in [2.45, 2.75) is 32.4 Å². The van der Waals surface area contributed by atoms with Gasteiger partial charge in [0.15, 0.2) is 6.10 Å². The van der Waals surface area contributed by atoms with Gasteiger partial charge in [0, 0.05) is 25.6 Å². The molecule has 1 amide bonds. The van der Waals surface area contributed by atoms with Gasteiger partial charge < -0.3 is 15.1 Å². The minimum absolute atomic E-state index is 0.134. The maximum absolute atomic E-state index is 12.0. The maximum atomic E-state index is 12.0. The lowest BCUT2D eigenvalue weighted by atomic mass is 10.0. The fourth-order valence-corrected chi connectivity index (χ4v) is 2.06. The van der Waals surface area contributed by atoms with Crippen LogP contribution in [-0.4, -0.2) is 42.7 Å². The van der Waals surface area contributed by atoms with Crippen LogP contribution >= 0.6 is 0 Å². The average Bonchev–Trinajstić information content (AvgIpc) is 2.97. The Morgan fingerprint density at radius 1 is 1.43 bits per heavy atom. The molecular weight excluding hydrogens is 266 g/mol. The Hall–Kier alpha value is -1.88. The molecule has 2 rings (SSSR count). The maximum Gasteiger partial charge on any atom is 0.269 e. The summed E-state index contributed by atoms with van der Waals surface area (Å²) in [6.45, 7) is 5.69. The summed E-state index contributed by atoms with van der Waals surface area (Å²) < 4.78 is 0. The van der Waals surface area contributed by atoms with E-state index in [0.717, 1.165) is 12.1 Å². The van der Waals surface area contributed by atoms with Crippen molar-refractivity contribution in [1.82, 2.24) is 10.2 Å². The van der Waals surface area contributed by atoms with E-state index in [1.54, 1.807) is 0 Å². The molecule has 1 atom stereocenters. The Labute approximate surface area is 126 Å². The van der Waals surface area contributed by atoms with Crippen molar-refractivity contribution in [1.29, 1.82) is 0 Å². The zero-order valence-electron chi connectivity index (χ0n) is 12.9. The van der Waals surface area contributed by atoms with Crippen LogP contribution in [0.25, 0.3) is 0 Å². The summed E-state index contributed by atoms with van der Waals surface area (Å²) >= 11 is 0. The summed E-state index contributed by atoms with van der Waals surface area (Å²) in [6, 6.07) is 10.3. The lowest BCUT2D eigenvalue weighted by Gasteiger charge is -2.20. The highest BCUT2D eigenvalue weighted by Gasteiger charge is 2.26. The summed E-state index contributed by atoms with van der Waals surface area (Å²) in [5.41, 5.74) is 1.51. The number of amides is 1. The third kappa shape index (κ3) is 4.29. The Morgan fingerprint density at radius 2 is 2.14 bits per heavy atom. The largest absolute Gasteiger partial charge is 0.387 e. The van der Waals surface area contributed by atoms with Crippen LogP contribution < -0.4 is 5.32 Å². The third-order valence-corrected chi connectivity index (χ3v) is 3.73. The Morgan fingerprint density at radius 3 is 2.81 bits per heavy atom. The highest BCUT2D eigenvalue weighted by molar-refractivity contribution is 6.39. The topological polar surface area (TPSA) is 53.9 Å². The van der Waals surface area contributed by atoms with Gasteiger partial charge in [-0.3, -0.25) is 4.79 Å². The number of hydrogen-bond acceptors (Lipinski definition) is 4. The monoisotopic (exact) mass is 289 g/mol. The SMILES string of the molecule is CC(C)N(C)CCNC(=O)C1=NO[C@H](c2ccccc2)C1. The number of carbonyl (C=O) groups is 1. The minimum Gasteiger partial charge on any atom is -0.387 e. The molecule has 0 bridgehead atoms. The van der Waals surface area contributed by atoms with E-state index in [0.29, 0.717) is 24.7 Å². The normalized spacial score (nSPS) is 17.8. The van der Waals surface area contributed by atoms with E-state index in [1.807, 2.05) is 37.4 Å². The smallest absolute Gasteiger partial charge is 0.269 e. The molecule has 1 N–H and O–H groups in total. The van der Waals surface area contributed by atoms with Crippen molar-refractivity contribution < 1.29 is 9.63 Å². The van der Waals surface area contributed by atoms with Gasteiger partial charge in [0.05, 0.1) is 0 Å². The summed E-state index contributed by atoms with van der Waals surface area (Å²) in [7, 11) is 2.04. The minimum atomic E-state index is -0.148. The number of hydrogen-bond donors (Lipinski definition) is 1. The van der Waals surface area contributed by atoms with E-state index >= 15 is 0 Å². The highest BCUT2D eigenvalue weighted by Crippen LogP contribution is 2.26. The fraction of sp³-hybridized carbons (Fsp3) is 0.500. The van der Waals surface area contributed by atoms with Gasteiger partial charge in [-0.05, 0) is 26.5 Å². The molecule has 5 heteroatoms. The molecule has 21 heavy (non-hydrogen) atoms. The molecule has 0 unspecified atom stereocenters. The summed E-state index contributed by atoms with van der Waals surface area (Å²) in [4.78, 5) is 19.6. The summed E-state index contributed by atoms with van der Waals surface area (Å²) in [5.74, 6) is -0.134. The second kappa shape index (κ2) is 7.22. The van der Waals surface area contributed by atoms with Crippen LogP contribution in [0.15, 0.2) is 35.5 Å². The number of rotatable bonds is 6. The Kier molecular flexibility index (Phi) is 5.33. The lowest BCUT2D eigenvalue weighted by molar-refractivity contribution is -0.115. The first-order valence-electron chi connectivity index (χ1n) is 7.34. The molecule has 0 aliphatic carbocycles. The fourth-order valence-electron chi connectivity index (χ4n) is 2.06. The molecule has 0 saturated carbocycles. The van der Waals surface area contributed by atoms with Gasteiger partial charge in [-0.25, -0.2) is 0 Å². The summed E-state index contributed by atoms with van der Waals surface area (Å²) in [6.07, 6.45) is 0.376. The molecule has 1 heterocycles. The molecule has 5 nitrogen and oxygen atoms in total. The number of carbonyl (C=O) groups excluding carboxylic acids is 1. The molecule has 1 aromatic carbocycles. The van der Waals surface area contributed by atoms with Crippen molar-refractivity contribution in [3.63, 3.8) is 0 Å². The third-order valence-electron chi connectivity index (χ3n) is 3.73. The van der Waals surface area contributed by atoms with Gasteiger partial charge in [0.1, 0.15) is 5.71 Å². The molecule has 0 fully saturated rings. The van der Waals surface area contributed by atoms with Gasteiger partial charge >= 0.3 is 0 Å². The number of benzene rings is 1. The van der Waals surface area contributed by atoms with Crippen LogP contribution in [0.4, 0.5) is 0 Å². The van der Waals surface area contributed by atoms with Crippen molar-refractivity contribution in [3.05, 3.63) is 35.9 Å². The van der Waals surface area contributed by atoms with Gasteiger partial charge in [-0.15, -0.1) is 0 Å². The predicted octanol–water partition coefficient (Wildman–Crippen LogP) is 1.96. The molecule has 0 spiro atoms. The molecular formula is C16H23N3O2. The van der Waals surface area contributed by atoms with Crippen molar-refractivity contribution in [3.8, 4) is 0 Å². The second-order valence-corrected chi connectivity index (χ2v) is 5.58. The quantitative estimate of drug-likeness (QED) is 0.871. The first-order valence-corrected chi connectivity index (χ1v) is 7.34. The summed E-state index contributed by atoms with van der Waals surface area (Å²) in [5, 5.41) is 6.81. The van der Waals surface area contributed by atoms with Crippen LogP contribution in [0.2, 0.25) is 0 Å². The van der Waals surface area contributed by atoms with E-state index in [4.69, 9.17) is 4.84 Å². The molecule has 0 aromatic heterocycles. The van der Waals surface area contributed by atoms with E-state index in [2.05, 4.69) is 29.2 Å². The molecule has 0 radical (unpaired) electrons. The van der Waals surface area contributed by atoms with Crippen LogP contribution in [0, 0.1) is 0 Å².